The van der Waals surface area contributed by atoms with E-state index in [1.165, 1.54) is 0 Å². The maximum atomic E-state index is 13.0. The number of carbonyl (C=O) groups excluding carboxylic acids is 1. The fraction of sp³-hybridized carbons (Fsp3) is 0.571. The molecular formula is C21H25F3N4O. The molecule has 1 N–H and O–H groups in total. The second kappa shape index (κ2) is 8.16. The topological polar surface area (TPSA) is 61.9 Å². The largest absolute Gasteiger partial charge is 0.391 e. The van der Waals surface area contributed by atoms with Gasteiger partial charge in [0.25, 0.3) is 0 Å². The quantitative estimate of drug-likeness (QED) is 0.814. The SMILES string of the molecule is O=C(C1CCCC(C(F)(F)F)C1)N1CCC(c2nc(-c3ccccc3)n[nH]2)CC1. The Morgan fingerprint density at radius 2 is 1.79 bits per heavy atom. The van der Waals surface area contributed by atoms with Crippen LogP contribution in [-0.2, 0) is 4.79 Å². The number of hydrogen-bond acceptors (Lipinski definition) is 3. The number of alkyl halides is 3. The number of carbonyl (C=O) groups is 1. The highest BCUT2D eigenvalue weighted by Crippen LogP contribution is 2.41. The minimum atomic E-state index is -4.20. The number of hydrogen-bond donors (Lipinski definition) is 1. The van der Waals surface area contributed by atoms with Crippen LogP contribution in [0.3, 0.4) is 0 Å². The molecule has 5 nitrogen and oxygen atoms in total. The molecule has 1 aromatic heterocycles. The first-order chi connectivity index (χ1) is 13.9. The Bertz CT molecular complexity index is 828. The molecule has 2 atom stereocenters. The number of H-pyrrole nitrogens is 1. The molecule has 29 heavy (non-hydrogen) atoms. The number of likely N-dealkylation sites (tertiary alicyclic amines) is 1. The highest BCUT2D eigenvalue weighted by molar-refractivity contribution is 5.79. The molecule has 0 spiro atoms. The second-order valence-corrected chi connectivity index (χ2v) is 8.11. The molecule has 1 amide bonds. The summed E-state index contributed by atoms with van der Waals surface area (Å²) >= 11 is 0. The van der Waals surface area contributed by atoms with Crippen LogP contribution in [0.5, 0.6) is 0 Å². The van der Waals surface area contributed by atoms with Gasteiger partial charge < -0.3 is 4.90 Å². The van der Waals surface area contributed by atoms with Crippen molar-refractivity contribution in [2.75, 3.05) is 13.1 Å². The van der Waals surface area contributed by atoms with Crippen LogP contribution in [0.15, 0.2) is 30.3 Å². The Kier molecular flexibility index (Phi) is 5.61. The molecule has 2 unspecified atom stereocenters. The third-order valence-electron chi connectivity index (χ3n) is 6.21. The van der Waals surface area contributed by atoms with E-state index in [4.69, 9.17) is 0 Å². The van der Waals surface area contributed by atoms with Crippen molar-refractivity contribution in [1.82, 2.24) is 20.1 Å². The molecule has 1 aliphatic heterocycles. The number of aromatic amines is 1. The van der Waals surface area contributed by atoms with Gasteiger partial charge in [0.1, 0.15) is 5.82 Å². The summed E-state index contributed by atoms with van der Waals surface area (Å²) in [6, 6.07) is 9.71. The minimum Gasteiger partial charge on any atom is -0.342 e. The van der Waals surface area contributed by atoms with Gasteiger partial charge >= 0.3 is 6.18 Å². The van der Waals surface area contributed by atoms with Crippen LogP contribution in [-0.4, -0.2) is 45.3 Å². The van der Waals surface area contributed by atoms with E-state index in [2.05, 4.69) is 15.2 Å². The zero-order chi connectivity index (χ0) is 20.4. The molecule has 156 valence electrons. The van der Waals surface area contributed by atoms with Crippen molar-refractivity contribution in [1.29, 1.82) is 0 Å². The standard InChI is InChI=1S/C21H25F3N4O/c22-21(23,24)17-8-4-7-16(13-17)20(29)28-11-9-15(10-12-28)19-25-18(26-27-19)14-5-2-1-3-6-14/h1-3,5-6,15-17H,4,7-13H2,(H,25,26,27). The summed E-state index contributed by atoms with van der Waals surface area (Å²) in [7, 11) is 0. The van der Waals surface area contributed by atoms with Crippen molar-refractivity contribution in [3.05, 3.63) is 36.2 Å². The van der Waals surface area contributed by atoms with Crippen molar-refractivity contribution in [3.63, 3.8) is 0 Å². The first kappa shape index (κ1) is 19.9. The first-order valence-corrected chi connectivity index (χ1v) is 10.2. The van der Waals surface area contributed by atoms with Gasteiger partial charge in [0.05, 0.1) is 5.92 Å². The summed E-state index contributed by atoms with van der Waals surface area (Å²) in [6.45, 7) is 1.11. The van der Waals surface area contributed by atoms with E-state index in [1.807, 2.05) is 30.3 Å². The molecule has 1 saturated heterocycles. The maximum absolute atomic E-state index is 13.0. The highest BCUT2D eigenvalue weighted by Gasteiger charge is 2.44. The maximum Gasteiger partial charge on any atom is 0.391 e. The Morgan fingerprint density at radius 3 is 2.48 bits per heavy atom. The van der Waals surface area contributed by atoms with Crippen LogP contribution in [0.2, 0.25) is 0 Å². The van der Waals surface area contributed by atoms with Gasteiger partial charge in [-0.2, -0.15) is 18.3 Å². The Labute approximate surface area is 167 Å². The molecule has 1 aliphatic carbocycles. The van der Waals surface area contributed by atoms with Gasteiger partial charge in [0.2, 0.25) is 5.91 Å². The van der Waals surface area contributed by atoms with Crippen LogP contribution in [0.1, 0.15) is 50.3 Å². The Morgan fingerprint density at radius 1 is 1.07 bits per heavy atom. The molecule has 2 aliphatic rings. The number of rotatable bonds is 3. The molecular weight excluding hydrogens is 381 g/mol. The van der Waals surface area contributed by atoms with Gasteiger partial charge in [-0.25, -0.2) is 4.98 Å². The molecule has 2 fully saturated rings. The second-order valence-electron chi connectivity index (χ2n) is 8.11. The normalized spacial score (nSPS) is 23.9. The summed E-state index contributed by atoms with van der Waals surface area (Å²) in [5, 5.41) is 7.31. The molecule has 2 heterocycles. The van der Waals surface area contributed by atoms with Crippen molar-refractivity contribution >= 4 is 5.91 Å². The van der Waals surface area contributed by atoms with Crippen molar-refractivity contribution in [2.45, 2.75) is 50.6 Å². The van der Waals surface area contributed by atoms with Gasteiger partial charge in [-0.15, -0.1) is 0 Å². The van der Waals surface area contributed by atoms with Gasteiger partial charge in [-0.3, -0.25) is 9.89 Å². The third kappa shape index (κ3) is 4.46. The lowest BCUT2D eigenvalue weighted by Gasteiger charge is -2.36. The molecule has 8 heteroatoms. The number of aromatic nitrogens is 3. The zero-order valence-electron chi connectivity index (χ0n) is 16.2. The molecule has 4 rings (SSSR count). The number of halogens is 3. The molecule has 1 saturated carbocycles. The summed E-state index contributed by atoms with van der Waals surface area (Å²) in [6.07, 6.45) is -1.61. The summed E-state index contributed by atoms with van der Waals surface area (Å²) in [5.74, 6) is -0.307. The molecule has 1 aromatic carbocycles. The number of piperidine rings is 1. The third-order valence-corrected chi connectivity index (χ3v) is 6.21. The summed E-state index contributed by atoms with van der Waals surface area (Å²) in [5.41, 5.74) is 0.944. The van der Waals surface area contributed by atoms with Crippen molar-refractivity contribution in [2.24, 2.45) is 11.8 Å². The lowest BCUT2D eigenvalue weighted by Crippen LogP contribution is -2.43. The van der Waals surface area contributed by atoms with Crippen molar-refractivity contribution in [3.8, 4) is 11.4 Å². The van der Waals surface area contributed by atoms with E-state index < -0.39 is 18.0 Å². The molecule has 0 radical (unpaired) electrons. The van der Waals surface area contributed by atoms with Crippen LogP contribution >= 0.6 is 0 Å². The predicted molar refractivity (Wildman–Crippen MR) is 102 cm³/mol. The number of nitrogens with one attached hydrogen (secondary N) is 1. The van der Waals surface area contributed by atoms with Crippen molar-refractivity contribution < 1.29 is 18.0 Å². The van der Waals surface area contributed by atoms with Gasteiger partial charge in [-0.1, -0.05) is 36.8 Å². The van der Waals surface area contributed by atoms with Crippen LogP contribution in [0.4, 0.5) is 13.2 Å². The van der Waals surface area contributed by atoms with Crippen LogP contribution < -0.4 is 0 Å². The van der Waals surface area contributed by atoms with Crippen LogP contribution in [0, 0.1) is 11.8 Å². The summed E-state index contributed by atoms with van der Waals surface area (Å²) in [4.78, 5) is 19.1. The first-order valence-electron chi connectivity index (χ1n) is 10.2. The number of nitrogens with zero attached hydrogens (tertiary/aromatic N) is 3. The van der Waals surface area contributed by atoms with E-state index >= 15 is 0 Å². The highest BCUT2D eigenvalue weighted by atomic mass is 19.4. The van der Waals surface area contributed by atoms with E-state index in [0.717, 1.165) is 24.2 Å². The average Bonchev–Trinajstić information content (AvgIpc) is 3.24. The predicted octanol–water partition coefficient (Wildman–Crippen LogP) is 4.55. The minimum absolute atomic E-state index is 0.0647. The van der Waals surface area contributed by atoms with E-state index in [-0.39, 0.29) is 24.7 Å². The fourth-order valence-corrected chi connectivity index (χ4v) is 4.52. The average molecular weight is 406 g/mol. The smallest absolute Gasteiger partial charge is 0.342 e. The Balaban J connectivity index is 1.34. The fourth-order valence-electron chi connectivity index (χ4n) is 4.52. The number of benzene rings is 1. The lowest BCUT2D eigenvalue weighted by molar-refractivity contribution is -0.187. The van der Waals surface area contributed by atoms with E-state index in [1.54, 1.807) is 4.90 Å². The van der Waals surface area contributed by atoms with Gasteiger partial charge in [0.15, 0.2) is 5.82 Å². The Hall–Kier alpha value is -2.38. The van der Waals surface area contributed by atoms with Gasteiger partial charge in [0, 0.05) is 30.5 Å². The van der Waals surface area contributed by atoms with Crippen LogP contribution in [0.25, 0.3) is 11.4 Å². The molecule has 0 bridgehead atoms. The zero-order valence-corrected chi connectivity index (χ0v) is 16.2. The van der Waals surface area contributed by atoms with Gasteiger partial charge in [-0.05, 0) is 32.1 Å². The van der Waals surface area contributed by atoms with E-state index in [0.29, 0.717) is 31.8 Å². The summed E-state index contributed by atoms with van der Waals surface area (Å²) < 4.78 is 39.1. The molecule has 2 aromatic rings. The van der Waals surface area contributed by atoms with E-state index in [9.17, 15) is 18.0 Å². The monoisotopic (exact) mass is 406 g/mol. The lowest BCUT2D eigenvalue weighted by atomic mass is 9.80. The number of amides is 1.